The number of nitrogens with one attached hydrogen (secondary N) is 2. The molecule has 3 N–H and O–H groups in total. The molecule has 6 heteroatoms. The van der Waals surface area contributed by atoms with Gasteiger partial charge in [-0.15, -0.1) is 0 Å². The first-order valence-electron chi connectivity index (χ1n) is 7.43. The lowest BCUT2D eigenvalue weighted by atomic mass is 10.1. The second-order valence-corrected chi connectivity index (χ2v) is 5.03. The first-order valence-corrected chi connectivity index (χ1v) is 7.43. The number of aromatic carboxylic acids is 1. The summed E-state index contributed by atoms with van der Waals surface area (Å²) in [4.78, 5) is 22.5. The highest BCUT2D eigenvalue weighted by molar-refractivity contribution is 5.84. The van der Waals surface area contributed by atoms with Gasteiger partial charge in [0.05, 0.1) is 6.54 Å². The van der Waals surface area contributed by atoms with Crippen molar-refractivity contribution in [3.63, 3.8) is 0 Å². The highest BCUT2D eigenvalue weighted by atomic mass is 16.4. The van der Waals surface area contributed by atoms with Crippen molar-refractivity contribution in [3.8, 4) is 0 Å². The van der Waals surface area contributed by atoms with Crippen LogP contribution in [0.1, 0.15) is 62.3 Å². The Morgan fingerprint density at radius 2 is 2.00 bits per heavy atom. The van der Waals surface area contributed by atoms with Crippen molar-refractivity contribution in [1.82, 2.24) is 10.6 Å². The van der Waals surface area contributed by atoms with Crippen LogP contribution in [-0.2, 0) is 6.54 Å². The lowest BCUT2D eigenvalue weighted by Gasteiger charge is -2.18. The molecule has 1 unspecified atom stereocenters. The van der Waals surface area contributed by atoms with E-state index in [1.165, 1.54) is 6.07 Å². The van der Waals surface area contributed by atoms with Crippen LogP contribution in [0.4, 0.5) is 4.79 Å². The number of amides is 2. The Kier molecular flexibility index (Phi) is 7.36. The van der Waals surface area contributed by atoms with Crippen LogP contribution in [0, 0.1) is 0 Å². The van der Waals surface area contributed by atoms with Gasteiger partial charge in [-0.05, 0) is 25.0 Å². The Morgan fingerprint density at radius 1 is 1.24 bits per heavy atom. The Balaban J connectivity index is 2.38. The molecule has 21 heavy (non-hydrogen) atoms. The zero-order valence-electron chi connectivity index (χ0n) is 12.6. The highest BCUT2D eigenvalue weighted by Crippen LogP contribution is 2.08. The number of hydrogen-bond acceptors (Lipinski definition) is 3. The summed E-state index contributed by atoms with van der Waals surface area (Å²) in [6.45, 7) is 4.39. The number of furan rings is 1. The third kappa shape index (κ3) is 6.33. The van der Waals surface area contributed by atoms with Crippen molar-refractivity contribution in [2.45, 2.75) is 58.5 Å². The first kappa shape index (κ1) is 17.1. The molecule has 0 aliphatic heterocycles. The molecule has 118 valence electrons. The topological polar surface area (TPSA) is 91.6 Å². The zero-order chi connectivity index (χ0) is 15.7. The molecule has 0 radical (unpaired) electrons. The molecule has 1 rings (SSSR count). The van der Waals surface area contributed by atoms with E-state index in [1.54, 1.807) is 6.07 Å². The molecule has 0 aliphatic carbocycles. The van der Waals surface area contributed by atoms with Crippen molar-refractivity contribution in [1.29, 1.82) is 0 Å². The third-order valence-electron chi connectivity index (χ3n) is 3.17. The summed E-state index contributed by atoms with van der Waals surface area (Å²) in [5, 5.41) is 14.4. The molecule has 0 bridgehead atoms. The maximum Gasteiger partial charge on any atom is 0.371 e. The van der Waals surface area contributed by atoms with Gasteiger partial charge in [-0.2, -0.15) is 0 Å². The van der Waals surface area contributed by atoms with Crippen molar-refractivity contribution in [2.24, 2.45) is 0 Å². The molecule has 1 aromatic heterocycles. The molecule has 0 aliphatic rings. The van der Waals surface area contributed by atoms with E-state index in [0.29, 0.717) is 5.76 Å². The third-order valence-corrected chi connectivity index (χ3v) is 3.17. The van der Waals surface area contributed by atoms with Gasteiger partial charge >= 0.3 is 12.0 Å². The number of carbonyl (C=O) groups excluding carboxylic acids is 1. The average Bonchev–Trinajstić information content (AvgIpc) is 2.92. The molecule has 0 fully saturated rings. The normalized spacial score (nSPS) is 11.9. The highest BCUT2D eigenvalue weighted by Gasteiger charge is 2.12. The van der Waals surface area contributed by atoms with E-state index in [9.17, 15) is 9.59 Å². The van der Waals surface area contributed by atoms with Crippen molar-refractivity contribution in [2.75, 3.05) is 0 Å². The van der Waals surface area contributed by atoms with E-state index in [4.69, 9.17) is 9.52 Å². The van der Waals surface area contributed by atoms with Gasteiger partial charge in [-0.1, -0.05) is 33.1 Å². The number of carbonyl (C=O) groups is 2. The molecule has 0 saturated heterocycles. The molecule has 0 spiro atoms. The average molecular weight is 296 g/mol. The second kappa shape index (κ2) is 9.05. The van der Waals surface area contributed by atoms with Crippen molar-refractivity contribution in [3.05, 3.63) is 23.7 Å². The SMILES string of the molecule is CCCCC(CCC)NC(=O)NCc1ccc(C(=O)O)o1. The number of carboxylic acid groups (broad SMARTS) is 1. The van der Waals surface area contributed by atoms with E-state index >= 15 is 0 Å². The van der Waals surface area contributed by atoms with Gasteiger partial charge < -0.3 is 20.2 Å². The largest absolute Gasteiger partial charge is 0.475 e. The van der Waals surface area contributed by atoms with Crippen LogP contribution < -0.4 is 10.6 Å². The van der Waals surface area contributed by atoms with Gasteiger partial charge in [0.25, 0.3) is 0 Å². The van der Waals surface area contributed by atoms with Gasteiger partial charge in [-0.25, -0.2) is 9.59 Å². The summed E-state index contributed by atoms with van der Waals surface area (Å²) in [7, 11) is 0. The van der Waals surface area contributed by atoms with Crippen LogP contribution in [0.15, 0.2) is 16.5 Å². The van der Waals surface area contributed by atoms with E-state index in [-0.39, 0.29) is 24.4 Å². The Hall–Kier alpha value is -1.98. The fourth-order valence-corrected chi connectivity index (χ4v) is 2.08. The molecule has 1 atom stereocenters. The predicted molar refractivity (Wildman–Crippen MR) is 79.3 cm³/mol. The number of hydrogen-bond donors (Lipinski definition) is 3. The fourth-order valence-electron chi connectivity index (χ4n) is 2.08. The maximum absolute atomic E-state index is 11.8. The Bertz CT molecular complexity index is 456. The quantitative estimate of drug-likeness (QED) is 0.653. The maximum atomic E-state index is 11.8. The molecular formula is C15H24N2O4. The van der Waals surface area contributed by atoms with Gasteiger partial charge in [0.1, 0.15) is 5.76 Å². The Labute approximate surface area is 124 Å². The second-order valence-electron chi connectivity index (χ2n) is 5.03. The summed E-state index contributed by atoms with van der Waals surface area (Å²) in [6.07, 6.45) is 5.15. The fraction of sp³-hybridized carbons (Fsp3) is 0.600. The van der Waals surface area contributed by atoms with Gasteiger partial charge in [-0.3, -0.25) is 0 Å². The number of unbranched alkanes of at least 4 members (excludes halogenated alkanes) is 1. The monoisotopic (exact) mass is 296 g/mol. The summed E-state index contributed by atoms with van der Waals surface area (Å²) >= 11 is 0. The zero-order valence-corrected chi connectivity index (χ0v) is 12.6. The van der Waals surface area contributed by atoms with Crippen LogP contribution in [0.2, 0.25) is 0 Å². The first-order chi connectivity index (χ1) is 10.1. The molecule has 1 heterocycles. The van der Waals surface area contributed by atoms with E-state index in [0.717, 1.165) is 32.1 Å². The minimum atomic E-state index is -1.12. The minimum Gasteiger partial charge on any atom is -0.475 e. The summed E-state index contributed by atoms with van der Waals surface area (Å²) in [6, 6.07) is 2.85. The Morgan fingerprint density at radius 3 is 2.57 bits per heavy atom. The standard InChI is InChI=1S/C15H24N2O4/c1-3-5-7-11(6-4-2)17-15(20)16-10-12-8-9-13(21-12)14(18)19/h8-9,11H,3-7,10H2,1-2H3,(H,18,19)(H2,16,17,20). The molecular weight excluding hydrogens is 272 g/mol. The number of urea groups is 1. The minimum absolute atomic E-state index is 0.126. The smallest absolute Gasteiger partial charge is 0.371 e. The van der Waals surface area contributed by atoms with Crippen LogP contribution in [0.25, 0.3) is 0 Å². The van der Waals surface area contributed by atoms with Crippen LogP contribution in [-0.4, -0.2) is 23.1 Å². The number of carboxylic acids is 1. The van der Waals surface area contributed by atoms with Crippen molar-refractivity contribution < 1.29 is 19.1 Å². The summed E-state index contributed by atoms with van der Waals surface area (Å²) < 4.78 is 5.07. The van der Waals surface area contributed by atoms with E-state index < -0.39 is 5.97 Å². The van der Waals surface area contributed by atoms with Crippen LogP contribution >= 0.6 is 0 Å². The summed E-state index contributed by atoms with van der Waals surface area (Å²) in [5.74, 6) is -0.824. The van der Waals surface area contributed by atoms with Gasteiger partial charge in [0.2, 0.25) is 5.76 Å². The number of rotatable bonds is 9. The molecule has 1 aromatic rings. The van der Waals surface area contributed by atoms with Gasteiger partial charge in [0.15, 0.2) is 0 Å². The van der Waals surface area contributed by atoms with Crippen LogP contribution in [0.3, 0.4) is 0 Å². The summed E-state index contributed by atoms with van der Waals surface area (Å²) in [5.41, 5.74) is 0. The van der Waals surface area contributed by atoms with E-state index in [2.05, 4.69) is 24.5 Å². The predicted octanol–water partition coefficient (Wildman–Crippen LogP) is 3.14. The van der Waals surface area contributed by atoms with E-state index in [1.807, 2.05) is 0 Å². The molecule has 6 nitrogen and oxygen atoms in total. The lowest BCUT2D eigenvalue weighted by Crippen LogP contribution is -2.41. The lowest BCUT2D eigenvalue weighted by molar-refractivity contribution is 0.0660. The molecule has 2 amide bonds. The van der Waals surface area contributed by atoms with Crippen molar-refractivity contribution >= 4 is 12.0 Å². The molecule has 0 saturated carbocycles. The van der Waals surface area contributed by atoms with Gasteiger partial charge in [0, 0.05) is 6.04 Å². The molecule has 0 aromatic carbocycles. The van der Waals surface area contributed by atoms with Crippen LogP contribution in [0.5, 0.6) is 0 Å².